The van der Waals surface area contributed by atoms with Gasteiger partial charge in [0, 0.05) is 17.8 Å². The van der Waals surface area contributed by atoms with E-state index in [-0.39, 0.29) is 30.9 Å². The number of ether oxygens (including phenoxy) is 1. The van der Waals surface area contributed by atoms with Crippen molar-refractivity contribution >= 4 is 17.5 Å². The van der Waals surface area contributed by atoms with Crippen molar-refractivity contribution in [3.8, 4) is 5.75 Å². The van der Waals surface area contributed by atoms with Crippen LogP contribution in [0.3, 0.4) is 0 Å². The Balaban J connectivity index is 2.35. The average molecular weight is 350 g/mol. The lowest BCUT2D eigenvalue weighted by Gasteiger charge is -2.17. The fourth-order valence-electron chi connectivity index (χ4n) is 2.50. The van der Waals surface area contributed by atoms with Crippen molar-refractivity contribution in [1.82, 2.24) is 5.32 Å². The summed E-state index contributed by atoms with van der Waals surface area (Å²) in [4.78, 5) is 25.0. The Bertz CT molecular complexity index is 561. The summed E-state index contributed by atoms with van der Waals surface area (Å²) in [5.74, 6) is 1.16. The van der Waals surface area contributed by atoms with Gasteiger partial charge in [0.1, 0.15) is 5.75 Å². The van der Waals surface area contributed by atoms with Crippen LogP contribution < -0.4 is 20.3 Å². The number of quaternary nitrogens is 1. The lowest BCUT2D eigenvalue weighted by molar-refractivity contribution is -0.862. The molecule has 0 radical (unpaired) electrons. The molecule has 0 spiro atoms. The summed E-state index contributed by atoms with van der Waals surface area (Å²) in [6.07, 6.45) is 2.06. The zero-order valence-electron chi connectivity index (χ0n) is 16.0. The molecule has 0 aromatic heterocycles. The van der Waals surface area contributed by atoms with Crippen LogP contribution in [0.5, 0.6) is 5.75 Å². The van der Waals surface area contributed by atoms with Crippen LogP contribution in [0.4, 0.5) is 5.69 Å². The van der Waals surface area contributed by atoms with Gasteiger partial charge in [-0.1, -0.05) is 19.9 Å². The number of nitrogens with one attached hydrogen (secondary N) is 3. The van der Waals surface area contributed by atoms with E-state index in [1.54, 1.807) is 19.2 Å². The monoisotopic (exact) mass is 350 g/mol. The molecule has 0 aliphatic rings. The first kappa shape index (κ1) is 21.0. The number of anilines is 1. The number of benzene rings is 1. The molecular weight excluding hydrogens is 318 g/mol. The standard InChI is InChI=1S/C19H31N3O3/c1-14(2)9-10-15(3)20-18(23)12-22(4)13-19(24)21-16-7-6-8-17(11-16)25-5/h6-8,11,14-15H,9-10,12-13H2,1-5H3,(H,20,23)(H,21,24)/p+1/t15-/m1/s1. The Morgan fingerprint density at radius 1 is 1.12 bits per heavy atom. The normalized spacial score (nSPS) is 13.2. The van der Waals surface area contributed by atoms with E-state index in [2.05, 4.69) is 24.5 Å². The number of carbonyl (C=O) groups excluding carboxylic acids is 2. The second kappa shape index (κ2) is 10.7. The number of carbonyl (C=O) groups is 2. The molecular formula is C19H32N3O3+. The molecule has 140 valence electrons. The smallest absolute Gasteiger partial charge is 0.279 e. The van der Waals surface area contributed by atoms with E-state index in [0.717, 1.165) is 17.7 Å². The highest BCUT2D eigenvalue weighted by Gasteiger charge is 2.16. The molecule has 1 aromatic carbocycles. The summed E-state index contributed by atoms with van der Waals surface area (Å²) in [7, 11) is 3.42. The van der Waals surface area contributed by atoms with E-state index < -0.39 is 0 Å². The third kappa shape index (κ3) is 9.10. The molecule has 2 atom stereocenters. The SMILES string of the molecule is COc1cccc(NC(=O)C[NH+](C)CC(=O)N[C@H](C)CCC(C)C)c1. The molecule has 1 unspecified atom stereocenters. The van der Waals surface area contributed by atoms with Crippen molar-refractivity contribution < 1.29 is 19.2 Å². The molecule has 1 rings (SSSR count). The van der Waals surface area contributed by atoms with Gasteiger partial charge < -0.3 is 20.3 Å². The lowest BCUT2D eigenvalue weighted by atomic mass is 10.0. The minimum absolute atomic E-state index is 0.0251. The molecule has 2 amide bonds. The van der Waals surface area contributed by atoms with Crippen LogP contribution in [0.2, 0.25) is 0 Å². The highest BCUT2D eigenvalue weighted by Crippen LogP contribution is 2.16. The largest absolute Gasteiger partial charge is 0.497 e. The molecule has 6 heteroatoms. The third-order valence-corrected chi connectivity index (χ3v) is 3.86. The molecule has 25 heavy (non-hydrogen) atoms. The van der Waals surface area contributed by atoms with Crippen molar-refractivity contribution in [1.29, 1.82) is 0 Å². The minimum atomic E-state index is -0.133. The topological polar surface area (TPSA) is 71.9 Å². The lowest BCUT2D eigenvalue weighted by Crippen LogP contribution is -3.11. The van der Waals surface area contributed by atoms with Crippen LogP contribution in [-0.2, 0) is 9.59 Å². The summed E-state index contributed by atoms with van der Waals surface area (Å²) in [6.45, 7) is 6.87. The quantitative estimate of drug-likeness (QED) is 0.591. The van der Waals surface area contributed by atoms with Crippen molar-refractivity contribution in [3.63, 3.8) is 0 Å². The maximum absolute atomic E-state index is 12.1. The highest BCUT2D eigenvalue weighted by atomic mass is 16.5. The van der Waals surface area contributed by atoms with Gasteiger partial charge in [-0.3, -0.25) is 9.59 Å². The second-order valence-corrected chi connectivity index (χ2v) is 7.03. The molecule has 3 N–H and O–H groups in total. The predicted molar refractivity (Wildman–Crippen MR) is 99.9 cm³/mol. The van der Waals surface area contributed by atoms with E-state index in [1.807, 2.05) is 26.1 Å². The van der Waals surface area contributed by atoms with E-state index in [9.17, 15) is 9.59 Å². The van der Waals surface area contributed by atoms with Gasteiger partial charge >= 0.3 is 0 Å². The van der Waals surface area contributed by atoms with E-state index >= 15 is 0 Å². The Hall–Kier alpha value is -2.08. The Kier molecular flexibility index (Phi) is 8.99. The maximum atomic E-state index is 12.1. The van der Waals surface area contributed by atoms with Crippen molar-refractivity contribution in [2.75, 3.05) is 32.6 Å². The summed E-state index contributed by atoms with van der Waals surface area (Å²) in [5, 5.41) is 5.82. The zero-order valence-corrected chi connectivity index (χ0v) is 16.0. The number of hydrogen-bond acceptors (Lipinski definition) is 3. The predicted octanol–water partition coefficient (Wildman–Crippen LogP) is 1.09. The van der Waals surface area contributed by atoms with E-state index in [4.69, 9.17) is 4.74 Å². The molecule has 0 saturated carbocycles. The second-order valence-electron chi connectivity index (χ2n) is 7.03. The minimum Gasteiger partial charge on any atom is -0.497 e. The molecule has 0 bridgehead atoms. The van der Waals surface area contributed by atoms with Gasteiger partial charge in [-0.05, 0) is 37.8 Å². The van der Waals surface area contributed by atoms with Crippen LogP contribution in [0.1, 0.15) is 33.6 Å². The molecule has 0 aliphatic carbocycles. The van der Waals surface area contributed by atoms with Crippen LogP contribution >= 0.6 is 0 Å². The Morgan fingerprint density at radius 3 is 2.44 bits per heavy atom. The number of hydrogen-bond donors (Lipinski definition) is 3. The molecule has 0 heterocycles. The van der Waals surface area contributed by atoms with Crippen LogP contribution in [0, 0.1) is 5.92 Å². The van der Waals surface area contributed by atoms with Gasteiger partial charge in [0.05, 0.1) is 14.2 Å². The molecule has 6 nitrogen and oxygen atoms in total. The fraction of sp³-hybridized carbons (Fsp3) is 0.579. The van der Waals surface area contributed by atoms with Crippen LogP contribution in [0.15, 0.2) is 24.3 Å². The first-order chi connectivity index (χ1) is 11.8. The molecule has 0 fully saturated rings. The van der Waals surface area contributed by atoms with Gasteiger partial charge in [0.2, 0.25) is 0 Å². The first-order valence-corrected chi connectivity index (χ1v) is 8.84. The molecule has 0 aliphatic heterocycles. The van der Waals surface area contributed by atoms with Crippen molar-refractivity contribution in [3.05, 3.63) is 24.3 Å². The van der Waals surface area contributed by atoms with Crippen molar-refractivity contribution in [2.24, 2.45) is 5.92 Å². The zero-order chi connectivity index (χ0) is 18.8. The average Bonchev–Trinajstić information content (AvgIpc) is 2.52. The Labute approximate surface area is 150 Å². The van der Waals surface area contributed by atoms with E-state index in [1.165, 1.54) is 0 Å². The van der Waals surface area contributed by atoms with Crippen LogP contribution in [-0.4, -0.2) is 45.1 Å². The fourth-order valence-corrected chi connectivity index (χ4v) is 2.50. The highest BCUT2D eigenvalue weighted by molar-refractivity contribution is 5.91. The van der Waals surface area contributed by atoms with Gasteiger partial charge in [-0.15, -0.1) is 0 Å². The summed E-state index contributed by atoms with van der Waals surface area (Å²) in [6, 6.07) is 7.36. The first-order valence-electron chi connectivity index (χ1n) is 8.84. The summed E-state index contributed by atoms with van der Waals surface area (Å²) in [5.41, 5.74) is 0.684. The number of rotatable bonds is 10. The van der Waals surface area contributed by atoms with Gasteiger partial charge in [-0.2, -0.15) is 0 Å². The van der Waals surface area contributed by atoms with Crippen LogP contribution in [0.25, 0.3) is 0 Å². The number of likely N-dealkylation sites (N-methyl/N-ethyl adjacent to an activating group) is 1. The van der Waals surface area contributed by atoms with E-state index in [0.29, 0.717) is 17.4 Å². The molecule has 1 aromatic rings. The number of amides is 2. The van der Waals surface area contributed by atoms with Gasteiger partial charge in [0.25, 0.3) is 11.8 Å². The number of methoxy groups -OCH3 is 1. The van der Waals surface area contributed by atoms with Gasteiger partial charge in [-0.25, -0.2) is 0 Å². The maximum Gasteiger partial charge on any atom is 0.279 e. The third-order valence-electron chi connectivity index (χ3n) is 3.86. The van der Waals surface area contributed by atoms with Gasteiger partial charge in [0.15, 0.2) is 13.1 Å². The summed E-state index contributed by atoms with van der Waals surface area (Å²) < 4.78 is 5.13. The molecule has 0 saturated heterocycles. The van der Waals surface area contributed by atoms with Crippen molar-refractivity contribution in [2.45, 2.75) is 39.7 Å². The summed E-state index contributed by atoms with van der Waals surface area (Å²) >= 11 is 0. The Morgan fingerprint density at radius 2 is 1.80 bits per heavy atom.